The third-order valence-corrected chi connectivity index (χ3v) is 5.32. The summed E-state index contributed by atoms with van der Waals surface area (Å²) in [4.78, 5) is 11.9. The zero-order chi connectivity index (χ0) is 17.7. The van der Waals surface area contributed by atoms with Crippen LogP contribution in [0.5, 0.6) is 5.75 Å². The number of carbonyl (C=O) groups is 1. The highest BCUT2D eigenvalue weighted by Gasteiger charge is 2.26. The second-order valence-corrected chi connectivity index (χ2v) is 7.06. The van der Waals surface area contributed by atoms with Crippen molar-refractivity contribution in [2.45, 2.75) is 11.8 Å². The molecule has 0 aliphatic carbocycles. The summed E-state index contributed by atoms with van der Waals surface area (Å²) >= 11 is 0. The molecule has 7 heteroatoms. The van der Waals surface area contributed by atoms with Crippen molar-refractivity contribution in [1.29, 1.82) is 0 Å². The summed E-state index contributed by atoms with van der Waals surface area (Å²) in [7, 11) is -0.905. The van der Waals surface area contributed by atoms with Gasteiger partial charge in [0.05, 0.1) is 17.7 Å². The number of nitrogens with zero attached hydrogens (tertiary/aromatic N) is 1. The smallest absolute Gasteiger partial charge is 0.264 e. The second kappa shape index (κ2) is 7.35. The first-order chi connectivity index (χ1) is 11.4. The number of ether oxygens (including phenoxy) is 1. The Balaban J connectivity index is 2.47. The van der Waals surface area contributed by atoms with Crippen molar-refractivity contribution < 1.29 is 17.9 Å². The van der Waals surface area contributed by atoms with Crippen LogP contribution in [0.1, 0.15) is 5.56 Å². The minimum atomic E-state index is -3.88. The van der Waals surface area contributed by atoms with Crippen LogP contribution < -0.4 is 14.4 Å². The van der Waals surface area contributed by atoms with Crippen LogP contribution in [0.4, 0.5) is 5.69 Å². The topological polar surface area (TPSA) is 75.7 Å². The third-order valence-electron chi connectivity index (χ3n) is 3.54. The number of anilines is 1. The molecule has 2 rings (SSSR count). The average Bonchev–Trinajstić information content (AvgIpc) is 2.60. The minimum Gasteiger partial charge on any atom is -0.497 e. The highest BCUT2D eigenvalue weighted by atomic mass is 32.2. The fraction of sp³-hybridized carbons (Fsp3) is 0.235. The van der Waals surface area contributed by atoms with E-state index >= 15 is 0 Å². The molecule has 0 fully saturated rings. The lowest BCUT2D eigenvalue weighted by Gasteiger charge is -2.24. The first kappa shape index (κ1) is 17.8. The van der Waals surface area contributed by atoms with Crippen molar-refractivity contribution in [3.8, 4) is 5.75 Å². The number of carbonyl (C=O) groups excluding carboxylic acids is 1. The maximum absolute atomic E-state index is 13.0. The van der Waals surface area contributed by atoms with Crippen LogP contribution in [-0.4, -0.2) is 35.0 Å². The predicted molar refractivity (Wildman–Crippen MR) is 92.8 cm³/mol. The van der Waals surface area contributed by atoms with Crippen LogP contribution in [0.3, 0.4) is 0 Å². The molecule has 0 aromatic heterocycles. The molecule has 0 unspecified atom stereocenters. The van der Waals surface area contributed by atoms with Gasteiger partial charge >= 0.3 is 0 Å². The van der Waals surface area contributed by atoms with E-state index in [0.29, 0.717) is 11.4 Å². The Bertz CT molecular complexity index is 799. The lowest BCUT2D eigenvalue weighted by atomic mass is 10.2. The number of amides is 1. The van der Waals surface area contributed by atoms with Gasteiger partial charge in [0, 0.05) is 7.05 Å². The highest BCUT2D eigenvalue weighted by molar-refractivity contribution is 7.92. The minimum absolute atomic E-state index is 0.0905. The summed E-state index contributed by atoms with van der Waals surface area (Å²) < 4.78 is 32.1. The molecule has 2 aromatic rings. The van der Waals surface area contributed by atoms with Crippen LogP contribution in [0.2, 0.25) is 0 Å². The van der Waals surface area contributed by atoms with E-state index < -0.39 is 15.9 Å². The molecule has 0 saturated carbocycles. The van der Waals surface area contributed by atoms with Crippen LogP contribution in [0.15, 0.2) is 53.4 Å². The maximum atomic E-state index is 13.0. The quantitative estimate of drug-likeness (QED) is 0.866. The highest BCUT2D eigenvalue weighted by Crippen LogP contribution is 2.25. The van der Waals surface area contributed by atoms with Gasteiger partial charge in [-0.3, -0.25) is 9.10 Å². The van der Waals surface area contributed by atoms with E-state index in [-0.39, 0.29) is 11.4 Å². The number of aryl methyl sites for hydroxylation is 1. The van der Waals surface area contributed by atoms with Gasteiger partial charge in [0.15, 0.2) is 0 Å². The van der Waals surface area contributed by atoms with E-state index in [1.807, 2.05) is 6.92 Å². The second-order valence-electron chi connectivity index (χ2n) is 5.20. The van der Waals surface area contributed by atoms with Crippen LogP contribution in [0.25, 0.3) is 0 Å². The summed E-state index contributed by atoms with van der Waals surface area (Å²) in [6, 6.07) is 13.0. The fourth-order valence-electron chi connectivity index (χ4n) is 2.11. The molecule has 0 spiro atoms. The van der Waals surface area contributed by atoms with Gasteiger partial charge in [0.25, 0.3) is 10.0 Å². The molecule has 2 aromatic carbocycles. The zero-order valence-electron chi connectivity index (χ0n) is 13.8. The van der Waals surface area contributed by atoms with E-state index in [1.165, 1.54) is 26.3 Å². The van der Waals surface area contributed by atoms with Gasteiger partial charge in [-0.2, -0.15) is 0 Å². The number of sulfonamides is 1. The largest absolute Gasteiger partial charge is 0.497 e. The Hall–Kier alpha value is -2.54. The molecule has 24 heavy (non-hydrogen) atoms. The first-order valence-electron chi connectivity index (χ1n) is 7.32. The zero-order valence-corrected chi connectivity index (χ0v) is 14.6. The molecular weight excluding hydrogens is 328 g/mol. The Morgan fingerprint density at radius 2 is 1.67 bits per heavy atom. The van der Waals surface area contributed by atoms with Crippen molar-refractivity contribution in [2.75, 3.05) is 25.0 Å². The van der Waals surface area contributed by atoms with E-state index in [9.17, 15) is 13.2 Å². The van der Waals surface area contributed by atoms with Gasteiger partial charge in [0.1, 0.15) is 12.3 Å². The normalized spacial score (nSPS) is 11.0. The van der Waals surface area contributed by atoms with Gasteiger partial charge in [0.2, 0.25) is 5.91 Å². The van der Waals surface area contributed by atoms with Gasteiger partial charge in [-0.1, -0.05) is 17.7 Å². The molecule has 1 amide bonds. The molecule has 0 atom stereocenters. The van der Waals surface area contributed by atoms with Crippen LogP contribution >= 0.6 is 0 Å². The summed E-state index contributed by atoms with van der Waals surface area (Å²) in [5.74, 6) is 0.162. The molecule has 1 N–H and O–H groups in total. The van der Waals surface area contributed by atoms with Crippen molar-refractivity contribution in [2.24, 2.45) is 0 Å². The first-order valence-corrected chi connectivity index (χ1v) is 8.76. The molecule has 6 nitrogen and oxygen atoms in total. The van der Waals surface area contributed by atoms with Crippen LogP contribution in [0, 0.1) is 6.92 Å². The average molecular weight is 348 g/mol. The van der Waals surface area contributed by atoms with Gasteiger partial charge in [-0.15, -0.1) is 0 Å². The van der Waals surface area contributed by atoms with Gasteiger partial charge in [-0.05, 0) is 43.3 Å². The molecule has 0 heterocycles. The number of nitrogens with one attached hydrogen (secondary N) is 1. The molecule has 0 aliphatic rings. The summed E-state index contributed by atoms with van der Waals surface area (Å²) in [5.41, 5.74) is 1.43. The monoisotopic (exact) mass is 348 g/mol. The van der Waals surface area contributed by atoms with Crippen molar-refractivity contribution in [3.05, 3.63) is 54.1 Å². The number of methoxy groups -OCH3 is 1. The molecule has 0 saturated heterocycles. The van der Waals surface area contributed by atoms with E-state index in [1.54, 1.807) is 36.4 Å². The summed E-state index contributed by atoms with van der Waals surface area (Å²) in [6.45, 7) is 1.61. The lowest BCUT2D eigenvalue weighted by Crippen LogP contribution is -2.39. The Morgan fingerprint density at radius 3 is 2.17 bits per heavy atom. The number of hydrogen-bond donors (Lipinski definition) is 1. The Morgan fingerprint density at radius 1 is 1.08 bits per heavy atom. The molecule has 0 aliphatic heterocycles. The van der Waals surface area contributed by atoms with Gasteiger partial charge < -0.3 is 10.1 Å². The fourth-order valence-corrected chi connectivity index (χ4v) is 3.53. The standard InChI is InChI=1S/C17H20N2O4S/c1-13-4-6-14(7-5-13)19(12-17(20)18-2)24(21,22)16-10-8-15(23-3)9-11-16/h4-11H,12H2,1-3H3,(H,18,20). The Kier molecular flexibility index (Phi) is 5.46. The molecule has 128 valence electrons. The van der Waals surface area contributed by atoms with Crippen LogP contribution in [-0.2, 0) is 14.8 Å². The Labute approximate surface area is 142 Å². The number of benzene rings is 2. The van der Waals surface area contributed by atoms with Crippen molar-refractivity contribution in [1.82, 2.24) is 5.32 Å². The van der Waals surface area contributed by atoms with E-state index in [2.05, 4.69) is 5.32 Å². The van der Waals surface area contributed by atoms with Crippen molar-refractivity contribution in [3.63, 3.8) is 0 Å². The summed E-state index contributed by atoms with van der Waals surface area (Å²) in [5, 5.41) is 2.45. The van der Waals surface area contributed by atoms with Gasteiger partial charge in [-0.25, -0.2) is 8.42 Å². The maximum Gasteiger partial charge on any atom is 0.264 e. The number of likely N-dealkylation sites (N-methyl/N-ethyl adjacent to an activating group) is 1. The summed E-state index contributed by atoms with van der Waals surface area (Å²) in [6.07, 6.45) is 0. The lowest BCUT2D eigenvalue weighted by molar-refractivity contribution is -0.119. The molecule has 0 radical (unpaired) electrons. The van der Waals surface area contributed by atoms with E-state index in [0.717, 1.165) is 9.87 Å². The molecule has 0 bridgehead atoms. The number of rotatable bonds is 6. The number of hydrogen-bond acceptors (Lipinski definition) is 4. The SMILES string of the molecule is CNC(=O)CN(c1ccc(C)cc1)S(=O)(=O)c1ccc(OC)cc1. The van der Waals surface area contributed by atoms with Crippen molar-refractivity contribution >= 4 is 21.6 Å². The molecular formula is C17H20N2O4S. The predicted octanol–water partition coefficient (Wildman–Crippen LogP) is 1.94. The van der Waals surface area contributed by atoms with E-state index in [4.69, 9.17) is 4.74 Å². The third kappa shape index (κ3) is 3.86.